The maximum absolute atomic E-state index is 12.7. The molecule has 0 spiro atoms. The summed E-state index contributed by atoms with van der Waals surface area (Å²) >= 11 is 1.79. The molecule has 2 heterocycles. The molecule has 1 aliphatic carbocycles. The zero-order valence-electron chi connectivity index (χ0n) is 12.4. The van der Waals surface area contributed by atoms with Crippen LogP contribution in [0.2, 0.25) is 0 Å². The Kier molecular flexibility index (Phi) is 5.12. The molecule has 1 amide bonds. The highest BCUT2D eigenvalue weighted by molar-refractivity contribution is 8.00. The number of aromatic nitrogens is 2. The summed E-state index contributed by atoms with van der Waals surface area (Å²) in [5.41, 5.74) is 0. The normalized spacial score (nSPS) is 22.2. The van der Waals surface area contributed by atoms with Crippen LogP contribution in [0.1, 0.15) is 32.1 Å². The first-order valence-corrected chi connectivity index (χ1v) is 8.79. The first kappa shape index (κ1) is 15.5. The third-order valence-corrected chi connectivity index (χ3v) is 5.47. The van der Waals surface area contributed by atoms with Crippen molar-refractivity contribution in [3.8, 4) is 6.01 Å². The Balaban J connectivity index is 1.42. The molecule has 7 heteroatoms. The lowest BCUT2D eigenvalue weighted by Gasteiger charge is -2.17. The molecule has 0 unspecified atom stereocenters. The molecule has 1 aromatic rings. The molecule has 0 aromatic carbocycles. The van der Waals surface area contributed by atoms with E-state index in [0.29, 0.717) is 24.1 Å². The molecule has 120 valence electrons. The van der Waals surface area contributed by atoms with Crippen LogP contribution in [0.4, 0.5) is 4.39 Å². The summed E-state index contributed by atoms with van der Waals surface area (Å²) in [7, 11) is 0. The molecule has 1 atom stereocenters. The van der Waals surface area contributed by atoms with Crippen LogP contribution >= 0.6 is 11.8 Å². The topological polar surface area (TPSA) is 55.3 Å². The average Bonchev–Trinajstić information content (AvgIpc) is 3.19. The van der Waals surface area contributed by atoms with E-state index in [1.807, 2.05) is 4.90 Å². The van der Waals surface area contributed by atoms with E-state index in [1.54, 1.807) is 11.8 Å². The molecular formula is C15H20FN3O2S. The van der Waals surface area contributed by atoms with E-state index in [-0.39, 0.29) is 18.0 Å². The van der Waals surface area contributed by atoms with Crippen molar-refractivity contribution in [2.75, 3.05) is 18.8 Å². The molecular weight excluding hydrogens is 305 g/mol. The van der Waals surface area contributed by atoms with Gasteiger partial charge in [-0.2, -0.15) is 0 Å². The van der Waals surface area contributed by atoms with Crippen LogP contribution in [-0.4, -0.2) is 51.0 Å². The van der Waals surface area contributed by atoms with E-state index in [1.165, 1.54) is 25.7 Å². The van der Waals surface area contributed by atoms with Gasteiger partial charge in [0.2, 0.25) is 5.91 Å². The van der Waals surface area contributed by atoms with Crippen molar-refractivity contribution in [1.29, 1.82) is 0 Å². The van der Waals surface area contributed by atoms with Crippen LogP contribution in [0.25, 0.3) is 0 Å². The van der Waals surface area contributed by atoms with Gasteiger partial charge in [-0.05, 0) is 12.8 Å². The summed E-state index contributed by atoms with van der Waals surface area (Å²) < 4.78 is 18.3. The second-order valence-corrected chi connectivity index (χ2v) is 7.06. The zero-order chi connectivity index (χ0) is 15.4. The van der Waals surface area contributed by atoms with E-state index in [4.69, 9.17) is 4.74 Å². The fourth-order valence-corrected chi connectivity index (χ4v) is 4.12. The largest absolute Gasteiger partial charge is 0.458 e. The van der Waals surface area contributed by atoms with Gasteiger partial charge in [-0.1, -0.05) is 12.8 Å². The van der Waals surface area contributed by atoms with Gasteiger partial charge in [0, 0.05) is 18.2 Å². The summed E-state index contributed by atoms with van der Waals surface area (Å²) in [4.78, 5) is 21.6. The molecule has 3 rings (SSSR count). The molecule has 2 fully saturated rings. The minimum atomic E-state index is -0.487. The van der Waals surface area contributed by atoms with Gasteiger partial charge in [-0.3, -0.25) is 4.79 Å². The summed E-state index contributed by atoms with van der Waals surface area (Å²) in [5.74, 6) is 0.257. The highest BCUT2D eigenvalue weighted by atomic mass is 32.2. The molecule has 0 radical (unpaired) electrons. The quantitative estimate of drug-likeness (QED) is 0.831. The van der Waals surface area contributed by atoms with Crippen LogP contribution in [0.3, 0.4) is 0 Å². The minimum Gasteiger partial charge on any atom is -0.458 e. The predicted molar refractivity (Wildman–Crippen MR) is 82.3 cm³/mol. The van der Waals surface area contributed by atoms with Crippen molar-refractivity contribution >= 4 is 17.7 Å². The lowest BCUT2D eigenvalue weighted by molar-refractivity contribution is -0.127. The third-order valence-electron chi connectivity index (χ3n) is 4.11. The van der Waals surface area contributed by atoms with Gasteiger partial charge in [0.15, 0.2) is 5.82 Å². The van der Waals surface area contributed by atoms with Crippen molar-refractivity contribution in [1.82, 2.24) is 14.9 Å². The number of carbonyl (C=O) groups is 1. The second-order valence-electron chi connectivity index (χ2n) is 5.77. The van der Waals surface area contributed by atoms with E-state index < -0.39 is 5.82 Å². The van der Waals surface area contributed by atoms with Crippen molar-refractivity contribution in [2.45, 2.75) is 43.5 Å². The Labute approximate surface area is 133 Å². The standard InChI is InChI=1S/C15H20FN3O2S/c16-11-7-17-15(18-8-11)21-12-5-6-19(9-12)14(20)10-22-13-3-1-2-4-13/h7-8,12-13H,1-6,9-10H2/t12-/m0/s1. The van der Waals surface area contributed by atoms with Gasteiger partial charge in [0.05, 0.1) is 24.7 Å². The Bertz CT molecular complexity index is 508. The van der Waals surface area contributed by atoms with E-state index in [2.05, 4.69) is 9.97 Å². The first-order valence-electron chi connectivity index (χ1n) is 7.74. The highest BCUT2D eigenvalue weighted by Crippen LogP contribution is 2.29. The van der Waals surface area contributed by atoms with Crippen LogP contribution in [0.15, 0.2) is 12.4 Å². The van der Waals surface area contributed by atoms with Gasteiger partial charge in [0.25, 0.3) is 0 Å². The van der Waals surface area contributed by atoms with Crippen molar-refractivity contribution in [3.63, 3.8) is 0 Å². The Morgan fingerprint density at radius 1 is 1.32 bits per heavy atom. The molecule has 2 aliphatic rings. The predicted octanol–water partition coefficient (Wildman–Crippen LogP) is 2.27. The van der Waals surface area contributed by atoms with Gasteiger partial charge in [-0.15, -0.1) is 11.8 Å². The van der Waals surface area contributed by atoms with Crippen molar-refractivity contribution in [2.24, 2.45) is 0 Å². The number of halogens is 1. The summed E-state index contributed by atoms with van der Waals surface area (Å²) in [5, 5.41) is 0.659. The molecule has 5 nitrogen and oxygen atoms in total. The third kappa shape index (κ3) is 4.09. The Hall–Kier alpha value is -1.37. The average molecular weight is 325 g/mol. The number of carbonyl (C=O) groups excluding carboxylic acids is 1. The molecule has 1 aromatic heterocycles. The van der Waals surface area contributed by atoms with Crippen LogP contribution in [0, 0.1) is 5.82 Å². The number of thioether (sulfide) groups is 1. The van der Waals surface area contributed by atoms with Crippen molar-refractivity contribution in [3.05, 3.63) is 18.2 Å². The lowest BCUT2D eigenvalue weighted by Crippen LogP contribution is -2.32. The Morgan fingerprint density at radius 2 is 2.05 bits per heavy atom. The summed E-state index contributed by atoms with van der Waals surface area (Å²) in [6.45, 7) is 1.26. The first-order chi connectivity index (χ1) is 10.7. The zero-order valence-corrected chi connectivity index (χ0v) is 13.2. The number of ether oxygens (including phenoxy) is 1. The maximum Gasteiger partial charge on any atom is 0.316 e. The van der Waals surface area contributed by atoms with E-state index in [9.17, 15) is 9.18 Å². The molecule has 1 aliphatic heterocycles. The lowest BCUT2D eigenvalue weighted by atomic mass is 10.3. The summed E-state index contributed by atoms with van der Waals surface area (Å²) in [6.07, 6.45) is 7.90. The molecule has 0 N–H and O–H groups in total. The fraction of sp³-hybridized carbons (Fsp3) is 0.667. The molecule has 22 heavy (non-hydrogen) atoms. The van der Waals surface area contributed by atoms with Gasteiger partial charge < -0.3 is 9.64 Å². The minimum absolute atomic E-state index is 0.106. The fourth-order valence-electron chi connectivity index (χ4n) is 2.90. The van der Waals surface area contributed by atoms with E-state index >= 15 is 0 Å². The van der Waals surface area contributed by atoms with Gasteiger partial charge in [-0.25, -0.2) is 14.4 Å². The second kappa shape index (κ2) is 7.26. The monoisotopic (exact) mass is 325 g/mol. The van der Waals surface area contributed by atoms with Gasteiger partial charge >= 0.3 is 6.01 Å². The van der Waals surface area contributed by atoms with Crippen LogP contribution < -0.4 is 4.74 Å². The number of amides is 1. The SMILES string of the molecule is O=C(CSC1CCCC1)N1CC[C@H](Oc2ncc(F)cn2)C1. The van der Waals surface area contributed by atoms with Crippen LogP contribution in [-0.2, 0) is 4.79 Å². The number of rotatable bonds is 5. The van der Waals surface area contributed by atoms with Gasteiger partial charge in [0.1, 0.15) is 6.10 Å². The maximum atomic E-state index is 12.7. The van der Waals surface area contributed by atoms with E-state index in [0.717, 1.165) is 18.8 Å². The molecule has 1 saturated heterocycles. The summed E-state index contributed by atoms with van der Waals surface area (Å²) in [6, 6.07) is 0.168. The highest BCUT2D eigenvalue weighted by Gasteiger charge is 2.28. The van der Waals surface area contributed by atoms with Crippen LogP contribution in [0.5, 0.6) is 6.01 Å². The van der Waals surface area contributed by atoms with Crippen molar-refractivity contribution < 1.29 is 13.9 Å². The molecule has 0 bridgehead atoms. The number of nitrogens with zero attached hydrogens (tertiary/aromatic N) is 3. The smallest absolute Gasteiger partial charge is 0.316 e. The number of hydrogen-bond donors (Lipinski definition) is 0. The molecule has 1 saturated carbocycles. The number of hydrogen-bond acceptors (Lipinski definition) is 5. The Morgan fingerprint density at radius 3 is 2.77 bits per heavy atom. The number of likely N-dealkylation sites (tertiary alicyclic amines) is 1.